The minimum atomic E-state index is -4.01. The number of rotatable bonds is 9. The number of benzene rings is 3. The monoisotopic (exact) mass is 524 g/mol. The minimum Gasteiger partial charge on any atom is -0.481 e. The Morgan fingerprint density at radius 3 is 2.46 bits per heavy atom. The van der Waals surface area contributed by atoms with Gasteiger partial charge in [-0.2, -0.15) is 4.72 Å². The van der Waals surface area contributed by atoms with Gasteiger partial charge < -0.3 is 14.7 Å². The van der Waals surface area contributed by atoms with E-state index in [1.54, 1.807) is 47.4 Å². The standard InChI is InChI=1S/C27H32N4O5S/c1-36-26(28)23-8-4-5-20(17-23)18-25(27(33)31-13-11-30(12-14-31)15-16-32)29-37(34,35)24-10-9-21-6-2-3-7-22(21)19-24/h2-10,17,19,25,28-29,32H,11-16,18H2,1H3/t25-/m0/s1. The first kappa shape index (κ1) is 26.7. The molecule has 1 saturated heterocycles. The van der Waals surface area contributed by atoms with E-state index >= 15 is 0 Å². The van der Waals surface area contributed by atoms with Crippen molar-refractivity contribution < 1.29 is 23.1 Å². The first-order valence-corrected chi connectivity index (χ1v) is 13.6. The third-order valence-corrected chi connectivity index (χ3v) is 8.03. The Bertz CT molecular complexity index is 1370. The number of fused-ring (bicyclic) bond motifs is 1. The Kier molecular flexibility index (Phi) is 8.55. The van der Waals surface area contributed by atoms with Crippen molar-refractivity contribution in [1.82, 2.24) is 14.5 Å². The normalized spacial score (nSPS) is 15.5. The predicted octanol–water partition coefficient (Wildman–Crippen LogP) is 1.84. The molecule has 0 aliphatic carbocycles. The van der Waals surface area contributed by atoms with Crippen LogP contribution in [-0.4, -0.2) is 87.6 Å². The van der Waals surface area contributed by atoms with Gasteiger partial charge in [-0.1, -0.05) is 42.5 Å². The zero-order valence-corrected chi connectivity index (χ0v) is 21.6. The van der Waals surface area contributed by atoms with E-state index in [2.05, 4.69) is 9.62 Å². The van der Waals surface area contributed by atoms with Crippen LogP contribution in [-0.2, 0) is 26.0 Å². The van der Waals surface area contributed by atoms with Gasteiger partial charge in [0.2, 0.25) is 21.8 Å². The van der Waals surface area contributed by atoms with E-state index in [0.29, 0.717) is 43.9 Å². The molecule has 10 heteroatoms. The Hall–Kier alpha value is -3.31. The van der Waals surface area contributed by atoms with Crippen LogP contribution in [0.4, 0.5) is 0 Å². The Morgan fingerprint density at radius 1 is 1.03 bits per heavy atom. The average molecular weight is 525 g/mol. The summed E-state index contributed by atoms with van der Waals surface area (Å²) in [5.41, 5.74) is 1.25. The molecule has 37 heavy (non-hydrogen) atoms. The fourth-order valence-corrected chi connectivity index (χ4v) is 5.74. The van der Waals surface area contributed by atoms with Gasteiger partial charge in [-0.3, -0.25) is 15.1 Å². The van der Waals surface area contributed by atoms with Crippen molar-refractivity contribution in [1.29, 1.82) is 5.41 Å². The van der Waals surface area contributed by atoms with E-state index in [1.165, 1.54) is 7.11 Å². The quantitative estimate of drug-likeness (QED) is 0.290. The number of amides is 1. The van der Waals surface area contributed by atoms with Crippen LogP contribution in [0, 0.1) is 5.41 Å². The van der Waals surface area contributed by atoms with Gasteiger partial charge in [0, 0.05) is 38.3 Å². The molecule has 1 heterocycles. The summed E-state index contributed by atoms with van der Waals surface area (Å²) in [4.78, 5) is 17.5. The number of piperazine rings is 1. The lowest BCUT2D eigenvalue weighted by molar-refractivity contribution is -0.134. The highest BCUT2D eigenvalue weighted by Crippen LogP contribution is 2.20. The Morgan fingerprint density at radius 2 is 1.76 bits per heavy atom. The number of nitrogens with one attached hydrogen (secondary N) is 2. The molecular formula is C27H32N4O5S. The molecule has 1 aliphatic heterocycles. The molecule has 196 valence electrons. The first-order valence-electron chi connectivity index (χ1n) is 12.2. The van der Waals surface area contributed by atoms with Crippen molar-refractivity contribution >= 4 is 32.6 Å². The second-order valence-corrected chi connectivity index (χ2v) is 10.7. The highest BCUT2D eigenvalue weighted by molar-refractivity contribution is 7.89. The molecule has 3 aromatic carbocycles. The van der Waals surface area contributed by atoms with E-state index in [9.17, 15) is 18.3 Å². The van der Waals surface area contributed by atoms with Gasteiger partial charge in [0.15, 0.2) is 0 Å². The lowest BCUT2D eigenvalue weighted by atomic mass is 10.0. The molecule has 3 aromatic rings. The van der Waals surface area contributed by atoms with Gasteiger partial charge in [0.25, 0.3) is 0 Å². The fraction of sp³-hybridized carbons (Fsp3) is 0.333. The number of hydrogen-bond acceptors (Lipinski definition) is 7. The molecule has 0 saturated carbocycles. The van der Waals surface area contributed by atoms with Crippen molar-refractivity contribution in [2.75, 3.05) is 46.4 Å². The SMILES string of the molecule is COC(=N)c1cccc(C[C@H](NS(=O)(=O)c2ccc3ccccc3c2)C(=O)N2CCN(CCO)CC2)c1. The van der Waals surface area contributed by atoms with E-state index in [0.717, 1.165) is 10.8 Å². The summed E-state index contributed by atoms with van der Waals surface area (Å²) in [6.07, 6.45) is 0.118. The van der Waals surface area contributed by atoms with Gasteiger partial charge in [0.1, 0.15) is 6.04 Å². The summed E-state index contributed by atoms with van der Waals surface area (Å²) in [6, 6.07) is 18.4. The maximum Gasteiger partial charge on any atom is 0.241 e. The van der Waals surface area contributed by atoms with E-state index < -0.39 is 16.1 Å². The van der Waals surface area contributed by atoms with E-state index in [1.807, 2.05) is 24.3 Å². The summed E-state index contributed by atoms with van der Waals surface area (Å²) in [6.45, 7) is 2.70. The van der Waals surface area contributed by atoms with Crippen molar-refractivity contribution in [3.05, 3.63) is 77.9 Å². The summed E-state index contributed by atoms with van der Waals surface area (Å²) in [7, 11) is -2.60. The Labute approximate surface area is 217 Å². The van der Waals surface area contributed by atoms with E-state index in [-0.39, 0.29) is 29.7 Å². The fourth-order valence-electron chi connectivity index (χ4n) is 4.52. The maximum absolute atomic E-state index is 13.6. The predicted molar refractivity (Wildman–Crippen MR) is 142 cm³/mol. The van der Waals surface area contributed by atoms with Crippen molar-refractivity contribution in [3.8, 4) is 0 Å². The molecule has 1 amide bonds. The second-order valence-electron chi connectivity index (χ2n) is 9.01. The molecule has 0 unspecified atom stereocenters. The number of hydrogen-bond donors (Lipinski definition) is 3. The van der Waals surface area contributed by atoms with Crippen LogP contribution in [0.15, 0.2) is 71.6 Å². The Balaban J connectivity index is 1.61. The van der Waals surface area contributed by atoms with Crippen LogP contribution in [0.3, 0.4) is 0 Å². The number of aliphatic hydroxyl groups is 1. The van der Waals surface area contributed by atoms with Crippen molar-refractivity contribution in [3.63, 3.8) is 0 Å². The second kappa shape index (κ2) is 11.8. The molecule has 1 atom stereocenters. The van der Waals surface area contributed by atoms with Crippen molar-refractivity contribution in [2.24, 2.45) is 0 Å². The summed E-state index contributed by atoms with van der Waals surface area (Å²) in [5, 5.41) is 18.9. The molecule has 0 radical (unpaired) electrons. The summed E-state index contributed by atoms with van der Waals surface area (Å²) < 4.78 is 34.6. The molecular weight excluding hydrogens is 492 g/mol. The third kappa shape index (κ3) is 6.53. The lowest BCUT2D eigenvalue weighted by Crippen LogP contribution is -2.55. The van der Waals surface area contributed by atoms with Crippen LogP contribution < -0.4 is 4.72 Å². The van der Waals surface area contributed by atoms with Gasteiger partial charge in [-0.25, -0.2) is 8.42 Å². The van der Waals surface area contributed by atoms with Gasteiger partial charge in [0.05, 0.1) is 18.6 Å². The van der Waals surface area contributed by atoms with Crippen LogP contribution in [0.1, 0.15) is 11.1 Å². The number of nitrogens with zero attached hydrogens (tertiary/aromatic N) is 2. The molecule has 9 nitrogen and oxygen atoms in total. The van der Waals surface area contributed by atoms with Crippen molar-refractivity contribution in [2.45, 2.75) is 17.4 Å². The largest absolute Gasteiger partial charge is 0.481 e. The minimum absolute atomic E-state index is 0.0125. The number of ether oxygens (including phenoxy) is 1. The number of methoxy groups -OCH3 is 1. The smallest absolute Gasteiger partial charge is 0.241 e. The van der Waals surface area contributed by atoms with Crippen LogP contribution in [0.2, 0.25) is 0 Å². The number of sulfonamides is 1. The highest BCUT2D eigenvalue weighted by atomic mass is 32.2. The van der Waals surface area contributed by atoms with Gasteiger partial charge in [-0.05, 0) is 47.0 Å². The number of β-amino-alcohol motifs (C(OH)–C–C–N with tert-alkyl or cyclic N) is 1. The average Bonchev–Trinajstić information content (AvgIpc) is 2.92. The van der Waals surface area contributed by atoms with Gasteiger partial charge >= 0.3 is 0 Å². The summed E-state index contributed by atoms with van der Waals surface area (Å²) in [5.74, 6) is -0.318. The zero-order valence-electron chi connectivity index (χ0n) is 20.8. The molecule has 0 bridgehead atoms. The van der Waals surface area contributed by atoms with Gasteiger partial charge in [-0.15, -0.1) is 0 Å². The van der Waals surface area contributed by atoms with E-state index in [4.69, 9.17) is 10.1 Å². The van der Waals surface area contributed by atoms with Crippen LogP contribution in [0.5, 0.6) is 0 Å². The third-order valence-electron chi connectivity index (χ3n) is 6.56. The molecule has 1 fully saturated rings. The number of aliphatic hydroxyl groups excluding tert-OH is 1. The maximum atomic E-state index is 13.6. The highest BCUT2D eigenvalue weighted by Gasteiger charge is 2.31. The topological polar surface area (TPSA) is 123 Å². The molecule has 0 spiro atoms. The first-order chi connectivity index (χ1) is 17.8. The van der Waals surface area contributed by atoms with Crippen LogP contribution in [0.25, 0.3) is 10.8 Å². The number of carbonyl (C=O) groups is 1. The van der Waals surface area contributed by atoms with Crippen LogP contribution >= 0.6 is 0 Å². The zero-order chi connectivity index (χ0) is 26.4. The lowest BCUT2D eigenvalue weighted by Gasteiger charge is -2.36. The molecule has 1 aliphatic rings. The summed E-state index contributed by atoms with van der Waals surface area (Å²) >= 11 is 0. The molecule has 4 rings (SSSR count). The molecule has 3 N–H and O–H groups in total. The molecule has 0 aromatic heterocycles. The number of carbonyl (C=O) groups excluding carboxylic acids is 1.